The minimum atomic E-state index is -0.242. The Kier molecular flexibility index (Phi) is 4.75. The van der Waals surface area contributed by atoms with Crippen LogP contribution in [0.4, 0.5) is 5.82 Å². The summed E-state index contributed by atoms with van der Waals surface area (Å²) in [5.41, 5.74) is 0.382. The van der Waals surface area contributed by atoms with Crippen molar-refractivity contribution in [2.75, 3.05) is 25.5 Å². The lowest BCUT2D eigenvalue weighted by molar-refractivity contribution is 0.0676. The number of aliphatic hydroxyl groups excluding tert-OH is 1. The number of nitrogens with zero attached hydrogens (tertiary/aromatic N) is 2. The van der Waals surface area contributed by atoms with E-state index in [0.717, 1.165) is 17.3 Å². The highest BCUT2D eigenvalue weighted by atomic mass is 16.3. The molecule has 2 rings (SSSR count). The van der Waals surface area contributed by atoms with Gasteiger partial charge in [-0.1, -0.05) is 24.3 Å². The van der Waals surface area contributed by atoms with Crippen molar-refractivity contribution in [2.24, 2.45) is 0 Å². The number of anilines is 1. The molecule has 1 amide bonds. The molecule has 112 valence electrons. The first-order valence-electron chi connectivity index (χ1n) is 7.10. The highest BCUT2D eigenvalue weighted by Crippen LogP contribution is 2.23. The number of hydrogen-bond acceptors (Lipinski definition) is 4. The molecule has 21 heavy (non-hydrogen) atoms. The zero-order valence-electron chi connectivity index (χ0n) is 12.6. The Morgan fingerprint density at radius 2 is 2.14 bits per heavy atom. The number of likely N-dealkylation sites (N-methyl/N-ethyl adjacent to an activating group) is 1. The Morgan fingerprint density at radius 1 is 1.43 bits per heavy atom. The van der Waals surface area contributed by atoms with Crippen molar-refractivity contribution in [1.82, 2.24) is 9.88 Å². The molecule has 0 saturated carbocycles. The van der Waals surface area contributed by atoms with Crippen LogP contribution >= 0.6 is 0 Å². The quantitative estimate of drug-likeness (QED) is 0.884. The number of rotatable bonds is 5. The summed E-state index contributed by atoms with van der Waals surface area (Å²) < 4.78 is 0. The van der Waals surface area contributed by atoms with E-state index in [1.165, 1.54) is 4.90 Å². The summed E-state index contributed by atoms with van der Waals surface area (Å²) in [5, 5.41) is 14.3. The molecule has 1 aromatic carbocycles. The molecule has 0 bridgehead atoms. The number of nitrogens with one attached hydrogen (secondary N) is 1. The van der Waals surface area contributed by atoms with Gasteiger partial charge in [-0.25, -0.2) is 4.98 Å². The molecular weight excluding hydrogens is 266 g/mol. The van der Waals surface area contributed by atoms with Crippen LogP contribution in [0.2, 0.25) is 0 Å². The second-order valence-corrected chi connectivity index (χ2v) is 5.06. The van der Waals surface area contributed by atoms with E-state index >= 15 is 0 Å². The normalized spacial score (nSPS) is 12.2. The first-order chi connectivity index (χ1) is 10.1. The number of carbonyl (C=O) groups is 1. The maximum Gasteiger partial charge on any atom is 0.272 e. The number of carbonyl (C=O) groups excluding carboxylic acids is 1. The van der Waals surface area contributed by atoms with Gasteiger partial charge in [-0.3, -0.25) is 4.79 Å². The minimum absolute atomic E-state index is 0.0735. The van der Waals surface area contributed by atoms with Gasteiger partial charge < -0.3 is 15.3 Å². The highest BCUT2D eigenvalue weighted by Gasteiger charge is 2.19. The summed E-state index contributed by atoms with van der Waals surface area (Å²) in [6.45, 7) is 4.45. The van der Waals surface area contributed by atoms with Gasteiger partial charge in [0.05, 0.1) is 12.6 Å². The third-order valence-corrected chi connectivity index (χ3v) is 3.55. The first kappa shape index (κ1) is 15.3. The molecule has 0 spiro atoms. The SMILES string of the molecule is CCNc1nc(C(=O)N(C)C(C)CO)cc2ccccc12. The molecule has 0 radical (unpaired) electrons. The standard InChI is InChI=1S/C16H21N3O2/c1-4-17-15-13-8-6-5-7-12(13)9-14(18-15)16(21)19(3)11(2)10-20/h5-9,11,20H,4,10H2,1-3H3,(H,17,18). The molecule has 5 heteroatoms. The van der Waals surface area contributed by atoms with E-state index in [4.69, 9.17) is 0 Å². The third-order valence-electron chi connectivity index (χ3n) is 3.55. The number of pyridine rings is 1. The molecule has 0 saturated heterocycles. The lowest BCUT2D eigenvalue weighted by atomic mass is 10.1. The van der Waals surface area contributed by atoms with Crippen molar-refractivity contribution >= 4 is 22.5 Å². The maximum atomic E-state index is 12.5. The number of aliphatic hydroxyl groups is 1. The van der Waals surface area contributed by atoms with Crippen LogP contribution in [0.5, 0.6) is 0 Å². The largest absolute Gasteiger partial charge is 0.394 e. The van der Waals surface area contributed by atoms with Crippen LogP contribution in [0.15, 0.2) is 30.3 Å². The van der Waals surface area contributed by atoms with Gasteiger partial charge >= 0.3 is 0 Å². The van der Waals surface area contributed by atoms with Crippen LogP contribution in [-0.4, -0.2) is 47.1 Å². The van der Waals surface area contributed by atoms with Crippen LogP contribution in [-0.2, 0) is 0 Å². The highest BCUT2D eigenvalue weighted by molar-refractivity contribution is 6.00. The van der Waals surface area contributed by atoms with Crippen molar-refractivity contribution < 1.29 is 9.90 Å². The molecule has 2 aromatic rings. The molecule has 0 aliphatic heterocycles. The summed E-state index contributed by atoms with van der Waals surface area (Å²) in [6.07, 6.45) is 0. The summed E-state index contributed by atoms with van der Waals surface area (Å²) in [6, 6.07) is 9.38. The molecular formula is C16H21N3O2. The molecule has 1 atom stereocenters. The molecule has 0 aliphatic carbocycles. The summed E-state index contributed by atoms with van der Waals surface area (Å²) in [5.74, 6) is 0.519. The first-order valence-corrected chi connectivity index (χ1v) is 7.10. The summed E-state index contributed by atoms with van der Waals surface area (Å²) in [7, 11) is 1.67. The van der Waals surface area contributed by atoms with E-state index < -0.39 is 0 Å². The molecule has 0 aliphatic rings. The topological polar surface area (TPSA) is 65.5 Å². The number of benzene rings is 1. The van der Waals surface area contributed by atoms with Crippen LogP contribution in [0.25, 0.3) is 10.8 Å². The predicted octanol–water partition coefficient (Wildman–Crippen LogP) is 2.12. The number of hydrogen-bond donors (Lipinski definition) is 2. The monoisotopic (exact) mass is 287 g/mol. The average Bonchev–Trinajstić information content (AvgIpc) is 2.52. The molecule has 1 aromatic heterocycles. The number of fused-ring (bicyclic) bond motifs is 1. The van der Waals surface area contributed by atoms with Gasteiger partial charge in [-0.2, -0.15) is 0 Å². The van der Waals surface area contributed by atoms with Gasteiger partial charge in [0.15, 0.2) is 0 Å². The second kappa shape index (κ2) is 6.54. The van der Waals surface area contributed by atoms with Crippen molar-refractivity contribution in [1.29, 1.82) is 0 Å². The van der Waals surface area contributed by atoms with Crippen LogP contribution in [0.3, 0.4) is 0 Å². The van der Waals surface area contributed by atoms with Crippen LogP contribution in [0.1, 0.15) is 24.3 Å². The smallest absolute Gasteiger partial charge is 0.272 e. The van der Waals surface area contributed by atoms with Crippen molar-refractivity contribution in [3.8, 4) is 0 Å². The van der Waals surface area contributed by atoms with E-state index in [2.05, 4.69) is 10.3 Å². The van der Waals surface area contributed by atoms with E-state index in [-0.39, 0.29) is 18.6 Å². The van der Waals surface area contributed by atoms with Gasteiger partial charge in [0, 0.05) is 19.0 Å². The zero-order chi connectivity index (χ0) is 15.4. The molecule has 1 unspecified atom stereocenters. The fourth-order valence-corrected chi connectivity index (χ4v) is 2.11. The molecule has 1 heterocycles. The van der Waals surface area contributed by atoms with E-state index in [9.17, 15) is 9.90 Å². The Bertz CT molecular complexity index is 642. The van der Waals surface area contributed by atoms with Gasteiger partial charge in [0.25, 0.3) is 5.91 Å². The van der Waals surface area contributed by atoms with E-state index in [1.54, 1.807) is 20.0 Å². The third kappa shape index (κ3) is 3.13. The number of amides is 1. The van der Waals surface area contributed by atoms with Crippen LogP contribution in [0, 0.1) is 0 Å². The van der Waals surface area contributed by atoms with Gasteiger partial charge in [-0.15, -0.1) is 0 Å². The fraction of sp³-hybridized carbons (Fsp3) is 0.375. The summed E-state index contributed by atoms with van der Waals surface area (Å²) >= 11 is 0. The molecule has 0 fully saturated rings. The van der Waals surface area contributed by atoms with Crippen molar-refractivity contribution in [3.05, 3.63) is 36.0 Å². The van der Waals surface area contributed by atoms with E-state index in [0.29, 0.717) is 11.5 Å². The molecule has 2 N–H and O–H groups in total. The second-order valence-electron chi connectivity index (χ2n) is 5.06. The average molecular weight is 287 g/mol. The van der Waals surface area contributed by atoms with Gasteiger partial charge in [0.1, 0.15) is 11.5 Å². The fourth-order valence-electron chi connectivity index (χ4n) is 2.11. The Balaban J connectivity index is 2.47. The van der Waals surface area contributed by atoms with Crippen LogP contribution < -0.4 is 5.32 Å². The lowest BCUT2D eigenvalue weighted by Gasteiger charge is -2.23. The zero-order valence-corrected chi connectivity index (χ0v) is 12.6. The Labute approximate surface area is 124 Å². The van der Waals surface area contributed by atoms with Gasteiger partial charge in [0.2, 0.25) is 0 Å². The summed E-state index contributed by atoms with van der Waals surface area (Å²) in [4.78, 5) is 18.4. The minimum Gasteiger partial charge on any atom is -0.394 e. The van der Waals surface area contributed by atoms with E-state index in [1.807, 2.05) is 31.2 Å². The van der Waals surface area contributed by atoms with Gasteiger partial charge in [-0.05, 0) is 25.3 Å². The Morgan fingerprint density at radius 3 is 2.81 bits per heavy atom. The lowest BCUT2D eigenvalue weighted by Crippen LogP contribution is -2.37. The number of aromatic nitrogens is 1. The van der Waals surface area contributed by atoms with Crippen molar-refractivity contribution in [2.45, 2.75) is 19.9 Å². The Hall–Kier alpha value is -2.14. The predicted molar refractivity (Wildman–Crippen MR) is 84.5 cm³/mol. The van der Waals surface area contributed by atoms with Crippen molar-refractivity contribution in [3.63, 3.8) is 0 Å². The molecule has 5 nitrogen and oxygen atoms in total. The maximum absolute atomic E-state index is 12.5.